The molecule has 1 saturated heterocycles. The Hall–Kier alpha value is -1.64. The molecule has 8 heteroatoms. The SMILES string of the molecule is Cc1cccc(OC(C)(C)C(=O)N2CC(O)C(CS(=O)(=O)N(C)C)C2)c1. The molecule has 0 bridgehead atoms. The number of ether oxygens (including phenoxy) is 1. The van der Waals surface area contributed by atoms with E-state index >= 15 is 0 Å². The molecule has 2 rings (SSSR count). The molecule has 0 aliphatic carbocycles. The molecule has 0 radical (unpaired) electrons. The number of benzene rings is 1. The van der Waals surface area contributed by atoms with Gasteiger partial charge in [-0.05, 0) is 38.5 Å². The van der Waals surface area contributed by atoms with Crippen molar-refractivity contribution in [1.29, 1.82) is 0 Å². The van der Waals surface area contributed by atoms with Gasteiger partial charge in [0.25, 0.3) is 5.91 Å². The number of aliphatic hydroxyl groups excluding tert-OH is 1. The van der Waals surface area contributed by atoms with E-state index in [4.69, 9.17) is 4.74 Å². The summed E-state index contributed by atoms with van der Waals surface area (Å²) in [4.78, 5) is 14.4. The van der Waals surface area contributed by atoms with Crippen molar-refractivity contribution in [3.63, 3.8) is 0 Å². The third kappa shape index (κ3) is 4.75. The first kappa shape index (κ1) is 20.7. The van der Waals surface area contributed by atoms with Crippen molar-refractivity contribution in [2.75, 3.05) is 32.9 Å². The van der Waals surface area contributed by atoms with Crippen LogP contribution < -0.4 is 4.74 Å². The number of aliphatic hydroxyl groups is 1. The number of amides is 1. The van der Waals surface area contributed by atoms with E-state index in [2.05, 4.69) is 0 Å². The first-order valence-corrected chi connectivity index (χ1v) is 10.2. The Balaban J connectivity index is 2.07. The summed E-state index contributed by atoms with van der Waals surface area (Å²) in [5, 5.41) is 10.2. The molecule has 1 aliphatic heterocycles. The predicted octanol–water partition coefficient (Wildman–Crippen LogP) is 0.863. The summed E-state index contributed by atoms with van der Waals surface area (Å²) >= 11 is 0. The molecule has 1 fully saturated rings. The second-order valence-corrected chi connectivity index (χ2v) is 9.75. The Morgan fingerprint density at radius 2 is 2.00 bits per heavy atom. The summed E-state index contributed by atoms with van der Waals surface area (Å²) in [5.74, 6) is -0.386. The predicted molar refractivity (Wildman–Crippen MR) is 99.4 cm³/mol. The molecule has 0 saturated carbocycles. The fourth-order valence-corrected chi connectivity index (χ4v) is 4.17. The van der Waals surface area contributed by atoms with Crippen molar-refractivity contribution in [1.82, 2.24) is 9.21 Å². The van der Waals surface area contributed by atoms with Crippen molar-refractivity contribution in [3.8, 4) is 5.75 Å². The molecule has 1 N–H and O–H groups in total. The van der Waals surface area contributed by atoms with Crippen LogP contribution in [0.25, 0.3) is 0 Å². The second-order valence-electron chi connectivity index (χ2n) is 7.53. The molecule has 1 amide bonds. The van der Waals surface area contributed by atoms with E-state index in [1.165, 1.54) is 19.0 Å². The molecule has 1 aliphatic rings. The first-order valence-electron chi connectivity index (χ1n) is 8.56. The Labute approximate surface area is 155 Å². The summed E-state index contributed by atoms with van der Waals surface area (Å²) in [6.45, 7) is 5.58. The van der Waals surface area contributed by atoms with Crippen LogP contribution in [0.5, 0.6) is 5.75 Å². The van der Waals surface area contributed by atoms with Gasteiger partial charge in [0.1, 0.15) is 5.75 Å². The average Bonchev–Trinajstić information content (AvgIpc) is 2.86. The lowest BCUT2D eigenvalue weighted by Gasteiger charge is -2.30. The zero-order chi connectivity index (χ0) is 19.7. The fourth-order valence-electron chi connectivity index (χ4n) is 3.00. The van der Waals surface area contributed by atoms with Gasteiger partial charge >= 0.3 is 0 Å². The van der Waals surface area contributed by atoms with Gasteiger partial charge in [0.15, 0.2) is 5.60 Å². The molecule has 1 aromatic rings. The van der Waals surface area contributed by atoms with Gasteiger partial charge in [-0.15, -0.1) is 0 Å². The highest BCUT2D eigenvalue weighted by Crippen LogP contribution is 2.26. The van der Waals surface area contributed by atoms with Crippen molar-refractivity contribution in [2.45, 2.75) is 32.5 Å². The van der Waals surface area contributed by atoms with E-state index in [0.717, 1.165) is 9.87 Å². The number of carbonyl (C=O) groups excluding carboxylic acids is 1. The van der Waals surface area contributed by atoms with E-state index in [1.807, 2.05) is 25.1 Å². The molecule has 0 spiro atoms. The van der Waals surface area contributed by atoms with Gasteiger partial charge in [0.2, 0.25) is 10.0 Å². The molecule has 26 heavy (non-hydrogen) atoms. The molecule has 0 aromatic heterocycles. The maximum atomic E-state index is 12.9. The summed E-state index contributed by atoms with van der Waals surface area (Å²) in [5.41, 5.74) is -0.0978. The lowest BCUT2D eigenvalue weighted by Crippen LogP contribution is -2.48. The Bertz CT molecular complexity index is 761. The fraction of sp³-hybridized carbons (Fsp3) is 0.611. The number of rotatable bonds is 6. The highest BCUT2D eigenvalue weighted by atomic mass is 32.2. The summed E-state index contributed by atoms with van der Waals surface area (Å²) < 4.78 is 31.1. The van der Waals surface area contributed by atoms with Crippen LogP contribution in [0.1, 0.15) is 19.4 Å². The zero-order valence-electron chi connectivity index (χ0n) is 16.0. The topological polar surface area (TPSA) is 87.1 Å². The highest BCUT2D eigenvalue weighted by molar-refractivity contribution is 7.89. The number of hydrogen-bond donors (Lipinski definition) is 1. The van der Waals surface area contributed by atoms with Crippen LogP contribution in [0.15, 0.2) is 24.3 Å². The van der Waals surface area contributed by atoms with Gasteiger partial charge in [0, 0.05) is 33.1 Å². The Morgan fingerprint density at radius 3 is 2.58 bits per heavy atom. The Kier molecular flexibility index (Phi) is 5.99. The van der Waals surface area contributed by atoms with E-state index in [0.29, 0.717) is 5.75 Å². The molecule has 146 valence electrons. The van der Waals surface area contributed by atoms with Gasteiger partial charge in [-0.1, -0.05) is 12.1 Å². The smallest absolute Gasteiger partial charge is 0.266 e. The molecule has 7 nitrogen and oxygen atoms in total. The number of β-amino-alcohol motifs (C(OH)–C–C–N with tert-alkyl or cyclic N) is 1. The van der Waals surface area contributed by atoms with E-state index in [-0.39, 0.29) is 24.7 Å². The number of nitrogens with zero attached hydrogens (tertiary/aromatic N) is 2. The number of likely N-dealkylation sites (tertiary alicyclic amines) is 1. The molecule has 2 unspecified atom stereocenters. The normalized spacial score (nSPS) is 21.3. The van der Waals surface area contributed by atoms with Gasteiger partial charge in [0.05, 0.1) is 11.9 Å². The van der Waals surface area contributed by atoms with E-state index < -0.39 is 27.6 Å². The third-order valence-corrected chi connectivity index (χ3v) is 6.51. The average molecular weight is 384 g/mol. The zero-order valence-corrected chi connectivity index (χ0v) is 16.8. The van der Waals surface area contributed by atoms with Gasteiger partial charge in [-0.3, -0.25) is 4.79 Å². The molecule has 2 atom stereocenters. The minimum Gasteiger partial charge on any atom is -0.478 e. The summed E-state index contributed by atoms with van der Waals surface area (Å²) in [6, 6.07) is 7.43. The highest BCUT2D eigenvalue weighted by Gasteiger charge is 2.42. The van der Waals surface area contributed by atoms with Crippen LogP contribution in [-0.2, 0) is 14.8 Å². The van der Waals surface area contributed by atoms with Crippen molar-refractivity contribution < 1.29 is 23.1 Å². The van der Waals surface area contributed by atoms with Crippen LogP contribution in [0.3, 0.4) is 0 Å². The minimum absolute atomic E-state index is 0.104. The van der Waals surface area contributed by atoms with Crippen molar-refractivity contribution in [3.05, 3.63) is 29.8 Å². The largest absolute Gasteiger partial charge is 0.478 e. The second kappa shape index (κ2) is 7.54. The van der Waals surface area contributed by atoms with E-state index in [1.54, 1.807) is 19.9 Å². The number of carbonyl (C=O) groups is 1. The molecular weight excluding hydrogens is 356 g/mol. The standard InChI is InChI=1S/C18H28N2O5S/c1-13-7-6-8-15(9-13)25-18(2,3)17(22)20-10-14(16(21)11-20)12-26(23,24)19(4)5/h6-9,14,16,21H,10-12H2,1-5H3. The lowest BCUT2D eigenvalue weighted by molar-refractivity contribution is -0.144. The van der Waals surface area contributed by atoms with Gasteiger partial charge in [-0.25, -0.2) is 12.7 Å². The summed E-state index contributed by atoms with van der Waals surface area (Å²) in [7, 11) is -0.535. The van der Waals surface area contributed by atoms with Crippen molar-refractivity contribution in [2.24, 2.45) is 5.92 Å². The van der Waals surface area contributed by atoms with E-state index in [9.17, 15) is 18.3 Å². The maximum absolute atomic E-state index is 12.9. The first-order chi connectivity index (χ1) is 11.9. The summed E-state index contributed by atoms with van der Waals surface area (Å²) in [6.07, 6.45) is -0.872. The maximum Gasteiger partial charge on any atom is 0.266 e. The molecular formula is C18H28N2O5S. The van der Waals surface area contributed by atoms with Crippen LogP contribution in [0, 0.1) is 12.8 Å². The number of hydrogen-bond acceptors (Lipinski definition) is 5. The van der Waals surface area contributed by atoms with Crippen LogP contribution in [0.4, 0.5) is 0 Å². The lowest BCUT2D eigenvalue weighted by atomic mass is 10.1. The third-order valence-electron chi connectivity index (χ3n) is 4.55. The van der Waals surface area contributed by atoms with Gasteiger partial charge in [-0.2, -0.15) is 0 Å². The minimum atomic E-state index is -3.45. The quantitative estimate of drug-likeness (QED) is 0.786. The number of aryl methyl sites for hydroxylation is 1. The van der Waals surface area contributed by atoms with Crippen LogP contribution in [0.2, 0.25) is 0 Å². The van der Waals surface area contributed by atoms with Crippen LogP contribution >= 0.6 is 0 Å². The van der Waals surface area contributed by atoms with Crippen molar-refractivity contribution >= 4 is 15.9 Å². The Morgan fingerprint density at radius 1 is 1.35 bits per heavy atom. The van der Waals surface area contributed by atoms with Gasteiger partial charge < -0.3 is 14.7 Å². The van der Waals surface area contributed by atoms with Crippen LogP contribution in [-0.4, -0.2) is 73.3 Å². The monoisotopic (exact) mass is 384 g/mol. The molecule has 1 heterocycles. The molecule has 1 aromatic carbocycles. The number of sulfonamides is 1.